The lowest BCUT2D eigenvalue weighted by Crippen LogP contribution is -2.51. The van der Waals surface area contributed by atoms with Gasteiger partial charge in [-0.3, -0.25) is 0 Å². The van der Waals surface area contributed by atoms with Crippen molar-refractivity contribution in [3.8, 4) is 11.4 Å². The predicted octanol–water partition coefficient (Wildman–Crippen LogP) is 2.90. The van der Waals surface area contributed by atoms with Gasteiger partial charge >= 0.3 is 12.2 Å². The number of likely N-dealkylation sites (tertiary alicyclic amines) is 1. The van der Waals surface area contributed by atoms with Crippen LogP contribution < -0.4 is 15.4 Å². The summed E-state index contributed by atoms with van der Waals surface area (Å²) in [5, 5.41) is 16.3. The Labute approximate surface area is 205 Å². The summed E-state index contributed by atoms with van der Waals surface area (Å²) in [6.45, 7) is 1.99. The van der Waals surface area contributed by atoms with E-state index < -0.39 is 12.0 Å². The highest BCUT2D eigenvalue weighted by Crippen LogP contribution is 2.35. The quantitative estimate of drug-likeness (QED) is 0.558. The van der Waals surface area contributed by atoms with Gasteiger partial charge < -0.3 is 20.3 Å². The highest BCUT2D eigenvalue weighted by atomic mass is 19.4. The number of hydrogen-bond donors (Lipinski definition) is 2. The molecule has 2 aliphatic rings. The summed E-state index contributed by atoms with van der Waals surface area (Å²) in [6.07, 6.45) is -3.36. The standard InChI is InChI=1S/C24H26F3N7O2/c1-28-23(35)33-9-7-20(19(14-33)15-5-3-2-4-6-15)29-13-17-12-18(11-16-8-10-36-21(16)17)34-22(24(25,26)27)30-31-32-34/h2-6,11-12,19-20,29H,7-10,13-14H2,1H3,(H,28,35)/t19-,20-/m0/s1. The number of urea groups is 1. The summed E-state index contributed by atoms with van der Waals surface area (Å²) >= 11 is 0. The monoisotopic (exact) mass is 501 g/mol. The average Bonchev–Trinajstić information content (AvgIpc) is 3.57. The molecular weight excluding hydrogens is 475 g/mol. The van der Waals surface area contributed by atoms with Gasteiger partial charge in [-0.2, -0.15) is 17.9 Å². The molecule has 2 aromatic carbocycles. The molecule has 36 heavy (non-hydrogen) atoms. The summed E-state index contributed by atoms with van der Waals surface area (Å²) in [7, 11) is 1.62. The van der Waals surface area contributed by atoms with E-state index in [1.54, 1.807) is 24.1 Å². The zero-order valence-corrected chi connectivity index (χ0v) is 19.6. The molecule has 12 heteroatoms. The van der Waals surface area contributed by atoms with E-state index >= 15 is 0 Å². The number of tetrazole rings is 1. The number of amides is 2. The first-order chi connectivity index (χ1) is 17.3. The van der Waals surface area contributed by atoms with Crippen molar-refractivity contribution in [1.82, 2.24) is 35.7 Å². The van der Waals surface area contributed by atoms with Gasteiger partial charge in [0.25, 0.3) is 5.82 Å². The summed E-state index contributed by atoms with van der Waals surface area (Å²) in [5.74, 6) is -0.441. The number of aromatic nitrogens is 4. The summed E-state index contributed by atoms with van der Waals surface area (Å²) in [4.78, 5) is 14.1. The number of nitrogens with one attached hydrogen (secondary N) is 2. The summed E-state index contributed by atoms with van der Waals surface area (Å²) in [6, 6.07) is 13.2. The summed E-state index contributed by atoms with van der Waals surface area (Å²) < 4.78 is 46.8. The van der Waals surface area contributed by atoms with Gasteiger partial charge in [-0.25, -0.2) is 4.79 Å². The molecule has 2 aliphatic heterocycles. The van der Waals surface area contributed by atoms with Crippen LogP contribution in [0.5, 0.6) is 5.75 Å². The van der Waals surface area contributed by atoms with Gasteiger partial charge in [0.15, 0.2) is 0 Å². The van der Waals surface area contributed by atoms with Crippen LogP contribution in [0.15, 0.2) is 42.5 Å². The van der Waals surface area contributed by atoms with E-state index in [2.05, 4.69) is 26.2 Å². The number of piperidine rings is 1. The molecule has 5 rings (SSSR count). The van der Waals surface area contributed by atoms with E-state index in [0.717, 1.165) is 27.8 Å². The Hall–Kier alpha value is -3.67. The molecular formula is C24H26F3N7O2. The van der Waals surface area contributed by atoms with Crippen molar-refractivity contribution < 1.29 is 22.7 Å². The lowest BCUT2D eigenvalue weighted by atomic mass is 9.86. The van der Waals surface area contributed by atoms with Crippen LogP contribution >= 0.6 is 0 Å². The van der Waals surface area contributed by atoms with Gasteiger partial charge in [0, 0.05) is 50.6 Å². The Balaban J connectivity index is 1.41. The highest BCUT2D eigenvalue weighted by molar-refractivity contribution is 5.74. The number of carbonyl (C=O) groups is 1. The fourth-order valence-corrected chi connectivity index (χ4v) is 4.98. The Kier molecular flexibility index (Phi) is 6.52. The molecule has 1 saturated heterocycles. The van der Waals surface area contributed by atoms with Gasteiger partial charge in [-0.1, -0.05) is 30.3 Å². The zero-order valence-electron chi connectivity index (χ0n) is 19.6. The maximum atomic E-state index is 13.4. The number of carbonyl (C=O) groups excluding carboxylic acids is 1. The molecule has 0 bridgehead atoms. The van der Waals surface area contributed by atoms with Gasteiger partial charge in [0.2, 0.25) is 0 Å². The number of rotatable bonds is 5. The normalized spacial score (nSPS) is 19.6. The number of alkyl halides is 3. The first-order valence-corrected chi connectivity index (χ1v) is 11.7. The molecule has 1 fully saturated rings. The third-order valence-corrected chi connectivity index (χ3v) is 6.71. The molecule has 1 aromatic heterocycles. The van der Waals surface area contributed by atoms with Gasteiger partial charge in [0.05, 0.1) is 12.3 Å². The number of hydrogen-bond acceptors (Lipinski definition) is 6. The van der Waals surface area contributed by atoms with Crippen molar-refractivity contribution in [2.24, 2.45) is 0 Å². The Morgan fingerprint density at radius 3 is 2.78 bits per heavy atom. The minimum atomic E-state index is -4.68. The minimum absolute atomic E-state index is 0.0470. The lowest BCUT2D eigenvalue weighted by molar-refractivity contribution is -0.146. The fourth-order valence-electron chi connectivity index (χ4n) is 4.98. The number of ether oxygens (including phenoxy) is 1. The third kappa shape index (κ3) is 4.72. The maximum absolute atomic E-state index is 13.4. The predicted molar refractivity (Wildman–Crippen MR) is 124 cm³/mol. The second-order valence-corrected chi connectivity index (χ2v) is 8.90. The molecule has 0 aliphatic carbocycles. The van der Waals surface area contributed by atoms with Crippen molar-refractivity contribution in [3.63, 3.8) is 0 Å². The molecule has 3 heterocycles. The van der Waals surface area contributed by atoms with E-state index in [1.165, 1.54) is 0 Å². The van der Waals surface area contributed by atoms with Crippen molar-refractivity contribution >= 4 is 6.03 Å². The van der Waals surface area contributed by atoms with E-state index in [4.69, 9.17) is 4.74 Å². The largest absolute Gasteiger partial charge is 0.493 e. The van der Waals surface area contributed by atoms with Crippen LogP contribution in [0.1, 0.15) is 34.9 Å². The van der Waals surface area contributed by atoms with Gasteiger partial charge in [0.1, 0.15) is 5.75 Å². The van der Waals surface area contributed by atoms with Crippen LogP contribution in [-0.2, 0) is 19.1 Å². The first-order valence-electron chi connectivity index (χ1n) is 11.7. The molecule has 0 spiro atoms. The molecule has 3 aromatic rings. The van der Waals surface area contributed by atoms with E-state index in [9.17, 15) is 18.0 Å². The second-order valence-electron chi connectivity index (χ2n) is 8.90. The van der Waals surface area contributed by atoms with Crippen LogP contribution in [0.3, 0.4) is 0 Å². The van der Waals surface area contributed by atoms with Crippen molar-refractivity contribution in [3.05, 3.63) is 65.0 Å². The molecule has 9 nitrogen and oxygen atoms in total. The number of fused-ring (bicyclic) bond motifs is 1. The van der Waals surface area contributed by atoms with Crippen molar-refractivity contribution in [2.75, 3.05) is 26.7 Å². The van der Waals surface area contributed by atoms with Crippen LogP contribution in [0.2, 0.25) is 0 Å². The van der Waals surface area contributed by atoms with Crippen LogP contribution in [0, 0.1) is 0 Å². The van der Waals surface area contributed by atoms with Gasteiger partial charge in [-0.15, -0.1) is 5.10 Å². The Bertz CT molecular complexity index is 1230. The molecule has 0 saturated carbocycles. The van der Waals surface area contributed by atoms with Crippen molar-refractivity contribution in [2.45, 2.75) is 37.5 Å². The van der Waals surface area contributed by atoms with Gasteiger partial charge in [-0.05, 0) is 40.1 Å². The van der Waals surface area contributed by atoms with Crippen LogP contribution in [0.4, 0.5) is 18.0 Å². The zero-order chi connectivity index (χ0) is 25.3. The van der Waals surface area contributed by atoms with E-state index in [0.29, 0.717) is 38.4 Å². The minimum Gasteiger partial charge on any atom is -0.493 e. The van der Waals surface area contributed by atoms with Crippen LogP contribution in [-0.4, -0.2) is 63.9 Å². The van der Waals surface area contributed by atoms with Crippen LogP contribution in [0.25, 0.3) is 5.69 Å². The third-order valence-electron chi connectivity index (χ3n) is 6.71. The SMILES string of the molecule is CNC(=O)N1CC[C@H](NCc2cc(-n3nnnc3C(F)(F)F)cc3c2OCC3)[C@H](c2ccccc2)C1. The number of nitrogens with zero attached hydrogens (tertiary/aromatic N) is 5. The number of halogens is 3. The molecule has 0 unspecified atom stereocenters. The topological polar surface area (TPSA) is 97.2 Å². The fraction of sp³-hybridized carbons (Fsp3) is 0.417. The average molecular weight is 502 g/mol. The molecule has 2 N–H and O–H groups in total. The summed E-state index contributed by atoms with van der Waals surface area (Å²) in [5.41, 5.74) is 2.91. The molecule has 2 amide bonds. The first kappa shape index (κ1) is 24.0. The Morgan fingerprint density at radius 1 is 1.22 bits per heavy atom. The lowest BCUT2D eigenvalue weighted by Gasteiger charge is -2.39. The van der Waals surface area contributed by atoms with Crippen molar-refractivity contribution in [1.29, 1.82) is 0 Å². The van der Waals surface area contributed by atoms with E-state index in [-0.39, 0.29) is 23.7 Å². The molecule has 190 valence electrons. The smallest absolute Gasteiger partial charge is 0.453 e. The maximum Gasteiger partial charge on any atom is 0.453 e. The van der Waals surface area contributed by atoms with E-state index in [1.807, 2.05) is 30.3 Å². The Morgan fingerprint density at radius 2 is 2.03 bits per heavy atom. The molecule has 0 radical (unpaired) electrons. The highest BCUT2D eigenvalue weighted by Gasteiger charge is 2.39. The number of benzene rings is 2. The second kappa shape index (κ2) is 9.76. The molecule has 2 atom stereocenters.